The van der Waals surface area contributed by atoms with Crippen molar-refractivity contribution < 1.29 is 9.15 Å². The summed E-state index contributed by atoms with van der Waals surface area (Å²) in [7, 11) is 0. The Morgan fingerprint density at radius 2 is 1.20 bits per heavy atom. The zero-order chi connectivity index (χ0) is 43.6. The number of allylic oxidation sites excluding steroid dienone is 4. The summed E-state index contributed by atoms with van der Waals surface area (Å²) in [5.74, 6) is 1.96. The van der Waals surface area contributed by atoms with E-state index in [2.05, 4.69) is 217 Å². The van der Waals surface area contributed by atoms with Gasteiger partial charge in [-0.25, -0.2) is 0 Å². The molecule has 0 spiro atoms. The van der Waals surface area contributed by atoms with Crippen LogP contribution < -0.4 is 4.74 Å². The minimum atomic E-state index is -0.0129. The van der Waals surface area contributed by atoms with Crippen molar-refractivity contribution in [2.24, 2.45) is 0 Å². The van der Waals surface area contributed by atoms with Crippen LogP contribution in [0, 0.1) is 0 Å². The number of para-hydroxylation sites is 3. The molecule has 3 aliphatic carbocycles. The van der Waals surface area contributed by atoms with Crippen molar-refractivity contribution in [3.8, 4) is 39.4 Å². The van der Waals surface area contributed by atoms with Crippen molar-refractivity contribution in [1.82, 2.24) is 9.13 Å². The van der Waals surface area contributed by atoms with E-state index in [0.29, 0.717) is 11.8 Å². The number of furan rings is 1. The Morgan fingerprint density at radius 1 is 0.561 bits per heavy atom. The fourth-order valence-electron chi connectivity index (χ4n) is 11.8. The Morgan fingerprint density at radius 3 is 1.95 bits per heavy atom. The molecule has 66 heavy (non-hydrogen) atoms. The molecular weight excluding hydrogens is 805 g/mol. The molecule has 0 radical (unpaired) electrons. The van der Waals surface area contributed by atoms with Gasteiger partial charge in [-0.3, -0.25) is 0 Å². The predicted octanol–water partition coefficient (Wildman–Crippen LogP) is 16.3. The molecule has 3 aromatic heterocycles. The molecule has 316 valence electrons. The molecule has 4 unspecified atom stereocenters. The molecule has 4 nitrogen and oxygen atoms in total. The average molecular weight is 851 g/mol. The van der Waals surface area contributed by atoms with E-state index in [1.807, 2.05) is 0 Å². The van der Waals surface area contributed by atoms with Crippen LogP contribution in [0.25, 0.3) is 89.5 Å². The van der Waals surface area contributed by atoms with Crippen molar-refractivity contribution in [3.63, 3.8) is 0 Å². The van der Waals surface area contributed by atoms with Crippen molar-refractivity contribution in [2.45, 2.75) is 50.5 Å². The van der Waals surface area contributed by atoms with Gasteiger partial charge >= 0.3 is 0 Å². The average Bonchev–Trinajstić information content (AvgIpc) is 4.11. The Hall–Kier alpha value is -7.82. The van der Waals surface area contributed by atoms with E-state index in [-0.39, 0.29) is 12.0 Å². The largest absolute Gasteiger partial charge is 0.485 e. The lowest BCUT2D eigenvalue weighted by Crippen LogP contribution is -2.18. The van der Waals surface area contributed by atoms with Gasteiger partial charge in [-0.05, 0) is 155 Å². The lowest BCUT2D eigenvalue weighted by Gasteiger charge is -2.27. The first-order valence-corrected chi connectivity index (χ1v) is 23.5. The van der Waals surface area contributed by atoms with Gasteiger partial charge in [0.15, 0.2) is 0 Å². The fourth-order valence-corrected chi connectivity index (χ4v) is 11.8. The lowest BCUT2D eigenvalue weighted by atomic mass is 9.79. The van der Waals surface area contributed by atoms with E-state index in [4.69, 9.17) is 9.15 Å². The van der Waals surface area contributed by atoms with Gasteiger partial charge in [-0.1, -0.05) is 111 Å². The second-order valence-electron chi connectivity index (χ2n) is 18.9. The molecule has 0 fully saturated rings. The molecular formula is C62H46N2O2. The van der Waals surface area contributed by atoms with Gasteiger partial charge in [0, 0.05) is 67.3 Å². The van der Waals surface area contributed by atoms with E-state index < -0.39 is 0 Å². The fraction of sp³-hybridized carbons (Fsp3) is 0.129. The number of aromatic nitrogens is 2. The molecule has 14 rings (SSSR count). The van der Waals surface area contributed by atoms with Crippen molar-refractivity contribution in [2.75, 3.05) is 0 Å². The van der Waals surface area contributed by atoms with Gasteiger partial charge in [0.1, 0.15) is 23.0 Å². The highest BCUT2D eigenvalue weighted by Gasteiger charge is 2.36. The van der Waals surface area contributed by atoms with Gasteiger partial charge in [-0.2, -0.15) is 0 Å². The van der Waals surface area contributed by atoms with Gasteiger partial charge in [0.25, 0.3) is 0 Å². The first-order valence-electron chi connectivity index (χ1n) is 23.5. The summed E-state index contributed by atoms with van der Waals surface area (Å²) in [6.45, 7) is 4.80. The van der Waals surface area contributed by atoms with Crippen LogP contribution in [0.1, 0.15) is 72.5 Å². The third-order valence-electron chi connectivity index (χ3n) is 14.9. The minimum Gasteiger partial charge on any atom is -0.485 e. The monoisotopic (exact) mass is 850 g/mol. The minimum absolute atomic E-state index is 0.0129. The molecule has 0 saturated heterocycles. The van der Waals surface area contributed by atoms with Gasteiger partial charge in [0.05, 0.1) is 11.0 Å². The Kier molecular flexibility index (Phi) is 8.16. The predicted molar refractivity (Wildman–Crippen MR) is 272 cm³/mol. The van der Waals surface area contributed by atoms with Gasteiger partial charge < -0.3 is 18.3 Å². The summed E-state index contributed by atoms with van der Waals surface area (Å²) in [6.07, 6.45) is 16.4. The molecule has 4 atom stereocenters. The Bertz CT molecular complexity index is 3780. The van der Waals surface area contributed by atoms with Crippen LogP contribution >= 0.6 is 0 Å². The molecule has 0 amide bonds. The summed E-state index contributed by atoms with van der Waals surface area (Å²) in [5.41, 5.74) is 21.0. The number of rotatable bonds is 5. The summed E-state index contributed by atoms with van der Waals surface area (Å²) >= 11 is 0. The Balaban J connectivity index is 0.814. The van der Waals surface area contributed by atoms with Crippen molar-refractivity contribution in [1.29, 1.82) is 0 Å². The van der Waals surface area contributed by atoms with Crippen LogP contribution in [-0.4, -0.2) is 15.2 Å². The molecule has 1 aliphatic heterocycles. The number of fused-ring (bicyclic) bond motifs is 12. The number of hydrogen-bond donors (Lipinski definition) is 0. The van der Waals surface area contributed by atoms with Crippen LogP contribution in [0.3, 0.4) is 0 Å². The first kappa shape index (κ1) is 37.5. The smallest absolute Gasteiger partial charge is 0.135 e. The first-order chi connectivity index (χ1) is 32.5. The molecule has 7 aromatic carbocycles. The lowest BCUT2D eigenvalue weighted by molar-refractivity contribution is 0.268. The van der Waals surface area contributed by atoms with Gasteiger partial charge in [-0.15, -0.1) is 0 Å². The van der Waals surface area contributed by atoms with Crippen molar-refractivity contribution >= 4 is 55.9 Å². The third-order valence-corrected chi connectivity index (χ3v) is 14.9. The van der Waals surface area contributed by atoms with Gasteiger partial charge in [0.2, 0.25) is 0 Å². The van der Waals surface area contributed by atoms with Crippen LogP contribution in [0.4, 0.5) is 0 Å². The van der Waals surface area contributed by atoms with Crippen LogP contribution in [-0.2, 0) is 0 Å². The Labute approximate surface area is 383 Å². The second kappa shape index (κ2) is 14.3. The molecule has 0 bridgehead atoms. The molecule has 4 heterocycles. The highest BCUT2D eigenvalue weighted by molar-refractivity contribution is 6.11. The SMILES string of the molecule is CC1CC=Cc2c1c1c(n2-c2ccccc2)C(C)CC(C2=CC3c4cc(-c5ccc6oc7ccc(-c8ccc9c(c8)c8ccccc8n9-c8ccccc8)cc7c6c5)ccc4OC3C=C2)=C1. The van der Waals surface area contributed by atoms with Crippen LogP contribution in [0.5, 0.6) is 5.75 Å². The van der Waals surface area contributed by atoms with Crippen LogP contribution in [0.2, 0.25) is 0 Å². The quantitative estimate of drug-likeness (QED) is 0.173. The van der Waals surface area contributed by atoms with E-state index in [9.17, 15) is 0 Å². The summed E-state index contributed by atoms with van der Waals surface area (Å²) in [6, 6.07) is 57.2. The van der Waals surface area contributed by atoms with Crippen LogP contribution in [0.15, 0.2) is 198 Å². The molecule has 4 heteroatoms. The van der Waals surface area contributed by atoms with E-state index in [1.165, 1.54) is 89.0 Å². The second-order valence-corrected chi connectivity index (χ2v) is 18.9. The van der Waals surface area contributed by atoms with Crippen molar-refractivity contribution in [3.05, 3.63) is 221 Å². The third kappa shape index (κ3) is 5.64. The number of nitrogens with zero attached hydrogens (tertiary/aromatic N) is 2. The molecule has 0 saturated carbocycles. The zero-order valence-corrected chi connectivity index (χ0v) is 36.9. The summed E-state index contributed by atoms with van der Waals surface area (Å²) in [5, 5.41) is 4.73. The van der Waals surface area contributed by atoms with E-state index in [1.54, 1.807) is 0 Å². The zero-order valence-electron chi connectivity index (χ0n) is 36.9. The normalized spacial score (nSPS) is 19.4. The van der Waals surface area contributed by atoms with E-state index >= 15 is 0 Å². The number of hydrogen-bond acceptors (Lipinski definition) is 2. The number of ether oxygens (including phenoxy) is 1. The summed E-state index contributed by atoms with van der Waals surface area (Å²) < 4.78 is 18.0. The maximum atomic E-state index is 6.62. The highest BCUT2D eigenvalue weighted by Crippen LogP contribution is 2.50. The van der Waals surface area contributed by atoms with E-state index in [0.717, 1.165) is 46.2 Å². The molecule has 10 aromatic rings. The molecule has 4 aliphatic rings. The maximum Gasteiger partial charge on any atom is 0.135 e. The maximum absolute atomic E-state index is 6.62. The molecule has 0 N–H and O–H groups in total. The summed E-state index contributed by atoms with van der Waals surface area (Å²) in [4.78, 5) is 0. The standard InChI is InChI=1S/C62H46N2O2/c1-37-12-11-19-56-61(37)53-36-44(30-38(2)62(53)64(56)46-15-7-4-8-16-46)43-24-29-60-52(35-43)51-34-42(23-28-59(51)66-60)41-22-27-58-50(33-41)49-32-40(21-26-57(49)65-58)39-20-25-55-48(31-39)47-17-9-10-18-54(47)63(55)45-13-5-3-6-14-45/h3-11,13-29,31-38,52,60H,12,30H2,1-2H3. The highest BCUT2D eigenvalue weighted by atomic mass is 16.5. The number of benzene rings is 7. The topological polar surface area (TPSA) is 32.2 Å².